The van der Waals surface area contributed by atoms with E-state index in [9.17, 15) is 13.2 Å². The lowest BCUT2D eigenvalue weighted by Gasteiger charge is -2.20. The van der Waals surface area contributed by atoms with Crippen molar-refractivity contribution in [2.24, 2.45) is 0 Å². The summed E-state index contributed by atoms with van der Waals surface area (Å²) in [6.45, 7) is 2.85. The van der Waals surface area contributed by atoms with Gasteiger partial charge in [0.15, 0.2) is 0 Å². The summed E-state index contributed by atoms with van der Waals surface area (Å²) in [6, 6.07) is 9.48. The number of nitrogens with zero attached hydrogens (tertiary/aromatic N) is 1. The molecule has 3 rings (SSSR count). The molecule has 8 heteroatoms. The molecule has 29 heavy (non-hydrogen) atoms. The second kappa shape index (κ2) is 9.15. The van der Waals surface area contributed by atoms with Crippen molar-refractivity contribution < 1.29 is 17.9 Å². The van der Waals surface area contributed by atoms with Crippen molar-refractivity contribution in [1.82, 2.24) is 4.31 Å². The van der Waals surface area contributed by atoms with E-state index in [2.05, 4.69) is 5.32 Å². The Labute approximate surface area is 176 Å². The normalized spacial score (nSPS) is 15.6. The monoisotopic (exact) mass is 436 g/mol. The number of carbonyl (C=O) groups excluding carboxylic acids is 1. The van der Waals surface area contributed by atoms with E-state index in [1.54, 1.807) is 24.3 Å². The fraction of sp³-hybridized carbons (Fsp3) is 0.381. The SMILES string of the molecule is COc1cc(Cl)c(C)cc1NC(=O)c1cccc(S(=O)(=O)N2CCCCCC2)c1. The van der Waals surface area contributed by atoms with Gasteiger partial charge in [-0.1, -0.05) is 30.5 Å². The van der Waals surface area contributed by atoms with Crippen molar-refractivity contribution in [3.8, 4) is 5.75 Å². The highest BCUT2D eigenvalue weighted by atomic mass is 35.5. The predicted molar refractivity (Wildman–Crippen MR) is 114 cm³/mol. The van der Waals surface area contributed by atoms with E-state index in [0.29, 0.717) is 29.5 Å². The van der Waals surface area contributed by atoms with Crippen LogP contribution in [-0.4, -0.2) is 38.8 Å². The quantitative estimate of drug-likeness (QED) is 0.750. The maximum atomic E-state index is 13.0. The zero-order valence-electron chi connectivity index (χ0n) is 16.6. The van der Waals surface area contributed by atoms with Gasteiger partial charge in [0.25, 0.3) is 5.91 Å². The number of benzene rings is 2. The van der Waals surface area contributed by atoms with Crippen LogP contribution in [-0.2, 0) is 10.0 Å². The molecular weight excluding hydrogens is 412 g/mol. The molecule has 1 heterocycles. The Morgan fingerprint density at radius 3 is 2.45 bits per heavy atom. The Morgan fingerprint density at radius 1 is 1.10 bits per heavy atom. The van der Waals surface area contributed by atoms with Gasteiger partial charge in [-0.2, -0.15) is 4.31 Å². The first kappa shape index (κ1) is 21.6. The van der Waals surface area contributed by atoms with Gasteiger partial charge in [-0.3, -0.25) is 4.79 Å². The molecule has 1 fully saturated rings. The maximum Gasteiger partial charge on any atom is 0.255 e. The van der Waals surface area contributed by atoms with Crippen LogP contribution < -0.4 is 10.1 Å². The average molecular weight is 437 g/mol. The van der Waals surface area contributed by atoms with E-state index >= 15 is 0 Å². The van der Waals surface area contributed by atoms with Gasteiger partial charge in [0.1, 0.15) is 5.75 Å². The maximum absolute atomic E-state index is 13.0. The number of ether oxygens (including phenoxy) is 1. The van der Waals surface area contributed by atoms with Gasteiger partial charge < -0.3 is 10.1 Å². The summed E-state index contributed by atoms with van der Waals surface area (Å²) in [5.41, 5.74) is 1.52. The first-order valence-corrected chi connectivity index (χ1v) is 11.4. The molecule has 1 N–H and O–H groups in total. The summed E-state index contributed by atoms with van der Waals surface area (Å²) in [5.74, 6) is 0.0141. The standard InChI is InChI=1S/C21H25ClN2O4S/c1-15-12-19(20(28-2)14-18(15)22)23-21(25)16-8-7-9-17(13-16)29(26,27)24-10-5-3-4-6-11-24/h7-9,12-14H,3-6,10-11H2,1-2H3,(H,23,25). The Kier molecular flexibility index (Phi) is 6.82. The van der Waals surface area contributed by atoms with Crippen LogP contribution in [0.2, 0.25) is 5.02 Å². The minimum Gasteiger partial charge on any atom is -0.495 e. The van der Waals surface area contributed by atoms with Gasteiger partial charge in [-0.15, -0.1) is 0 Å². The molecule has 0 aromatic heterocycles. The van der Waals surface area contributed by atoms with E-state index in [1.165, 1.54) is 23.5 Å². The van der Waals surface area contributed by atoms with Gasteiger partial charge in [0.2, 0.25) is 10.0 Å². The molecule has 0 radical (unpaired) electrons. The van der Waals surface area contributed by atoms with Gasteiger partial charge in [-0.25, -0.2) is 8.42 Å². The molecule has 1 amide bonds. The molecular formula is C21H25ClN2O4S. The van der Waals surface area contributed by atoms with Crippen LogP contribution in [0.5, 0.6) is 5.75 Å². The van der Waals surface area contributed by atoms with Crippen molar-refractivity contribution in [1.29, 1.82) is 0 Å². The summed E-state index contributed by atoms with van der Waals surface area (Å²) in [5, 5.41) is 3.32. The molecule has 0 saturated carbocycles. The van der Waals surface area contributed by atoms with Crippen molar-refractivity contribution in [3.05, 3.63) is 52.5 Å². The number of hydrogen-bond donors (Lipinski definition) is 1. The molecule has 2 aromatic carbocycles. The lowest BCUT2D eigenvalue weighted by molar-refractivity contribution is 0.102. The lowest BCUT2D eigenvalue weighted by Crippen LogP contribution is -2.32. The highest BCUT2D eigenvalue weighted by Gasteiger charge is 2.26. The minimum absolute atomic E-state index is 0.131. The van der Waals surface area contributed by atoms with Crippen LogP contribution in [0.15, 0.2) is 41.3 Å². The third-order valence-electron chi connectivity index (χ3n) is 5.03. The molecule has 1 aliphatic heterocycles. The first-order chi connectivity index (χ1) is 13.8. The Bertz CT molecular complexity index is 1000. The third kappa shape index (κ3) is 4.91. The molecule has 0 spiro atoms. The highest BCUT2D eigenvalue weighted by molar-refractivity contribution is 7.89. The average Bonchev–Trinajstić information content (AvgIpc) is 3.00. The van der Waals surface area contributed by atoms with Crippen molar-refractivity contribution >= 4 is 33.2 Å². The second-order valence-electron chi connectivity index (χ2n) is 7.10. The number of nitrogens with one attached hydrogen (secondary N) is 1. The summed E-state index contributed by atoms with van der Waals surface area (Å²) < 4.78 is 32.8. The predicted octanol–water partition coefficient (Wildman–Crippen LogP) is 4.47. The van der Waals surface area contributed by atoms with Gasteiger partial charge in [0.05, 0.1) is 17.7 Å². The molecule has 0 unspecified atom stereocenters. The first-order valence-electron chi connectivity index (χ1n) is 9.58. The van der Waals surface area contributed by atoms with E-state index < -0.39 is 15.9 Å². The number of anilines is 1. The summed E-state index contributed by atoms with van der Waals surface area (Å²) >= 11 is 6.11. The fourth-order valence-corrected chi connectivity index (χ4v) is 5.07. The molecule has 1 aliphatic rings. The van der Waals surface area contributed by atoms with E-state index in [1.807, 2.05) is 6.92 Å². The molecule has 6 nitrogen and oxygen atoms in total. The highest BCUT2D eigenvalue weighted by Crippen LogP contribution is 2.31. The van der Waals surface area contributed by atoms with E-state index in [4.69, 9.17) is 16.3 Å². The van der Waals surface area contributed by atoms with Gasteiger partial charge in [-0.05, 0) is 49.6 Å². The number of aryl methyl sites for hydroxylation is 1. The lowest BCUT2D eigenvalue weighted by atomic mass is 10.1. The van der Waals surface area contributed by atoms with Gasteiger partial charge in [0, 0.05) is 29.7 Å². The van der Waals surface area contributed by atoms with Crippen LogP contribution in [0.1, 0.15) is 41.6 Å². The zero-order chi connectivity index (χ0) is 21.0. The topological polar surface area (TPSA) is 75.7 Å². The third-order valence-corrected chi connectivity index (χ3v) is 7.33. The summed E-state index contributed by atoms with van der Waals surface area (Å²) in [4.78, 5) is 12.9. The van der Waals surface area contributed by atoms with Crippen molar-refractivity contribution in [3.63, 3.8) is 0 Å². The zero-order valence-corrected chi connectivity index (χ0v) is 18.1. The number of hydrogen-bond acceptors (Lipinski definition) is 4. The van der Waals surface area contributed by atoms with Crippen LogP contribution in [0.25, 0.3) is 0 Å². The van der Waals surface area contributed by atoms with Crippen molar-refractivity contribution in [2.45, 2.75) is 37.5 Å². The smallest absolute Gasteiger partial charge is 0.255 e. The van der Waals surface area contributed by atoms with Crippen LogP contribution in [0, 0.1) is 6.92 Å². The molecule has 156 valence electrons. The number of sulfonamides is 1. The number of halogens is 1. The molecule has 1 saturated heterocycles. The summed E-state index contributed by atoms with van der Waals surface area (Å²) in [6.07, 6.45) is 3.79. The second-order valence-corrected chi connectivity index (χ2v) is 9.45. The summed E-state index contributed by atoms with van der Waals surface area (Å²) in [7, 11) is -2.14. The van der Waals surface area contributed by atoms with Crippen LogP contribution in [0.4, 0.5) is 5.69 Å². The van der Waals surface area contributed by atoms with Crippen LogP contribution >= 0.6 is 11.6 Å². The molecule has 0 aliphatic carbocycles. The minimum atomic E-state index is -3.63. The van der Waals surface area contributed by atoms with E-state index in [0.717, 1.165) is 31.2 Å². The van der Waals surface area contributed by atoms with E-state index in [-0.39, 0.29) is 10.5 Å². The molecule has 0 bridgehead atoms. The number of amides is 1. The molecule has 2 aromatic rings. The Balaban J connectivity index is 1.86. The number of carbonyl (C=O) groups is 1. The van der Waals surface area contributed by atoms with Crippen LogP contribution in [0.3, 0.4) is 0 Å². The largest absolute Gasteiger partial charge is 0.495 e. The Hall–Kier alpha value is -2.09. The Morgan fingerprint density at radius 2 is 1.79 bits per heavy atom. The van der Waals surface area contributed by atoms with Gasteiger partial charge >= 0.3 is 0 Å². The number of rotatable bonds is 5. The fourth-order valence-electron chi connectivity index (χ4n) is 3.35. The number of methoxy groups -OCH3 is 1. The molecule has 0 atom stereocenters. The van der Waals surface area contributed by atoms with Crippen molar-refractivity contribution in [2.75, 3.05) is 25.5 Å².